The summed E-state index contributed by atoms with van der Waals surface area (Å²) < 4.78 is 0. The summed E-state index contributed by atoms with van der Waals surface area (Å²) in [6.45, 7) is 4.21. The number of aliphatic hydroxyl groups excluding tert-OH is 1. The zero-order chi connectivity index (χ0) is 14.4. The van der Waals surface area contributed by atoms with Crippen LogP contribution in [-0.4, -0.2) is 16.7 Å². The molecule has 0 aliphatic heterocycles. The molecule has 0 amide bonds. The quantitative estimate of drug-likeness (QED) is 0.481. The van der Waals surface area contributed by atoms with E-state index in [0.717, 1.165) is 11.1 Å². The number of benzene rings is 2. The zero-order valence-corrected chi connectivity index (χ0v) is 11.4. The van der Waals surface area contributed by atoms with Crippen molar-refractivity contribution in [2.24, 2.45) is 5.84 Å². The van der Waals surface area contributed by atoms with Crippen LogP contribution in [0.4, 0.5) is 0 Å². The van der Waals surface area contributed by atoms with Gasteiger partial charge in [0.15, 0.2) is 0 Å². The zero-order valence-electron chi connectivity index (χ0n) is 11.4. The van der Waals surface area contributed by atoms with Gasteiger partial charge in [-0.15, -0.1) is 6.58 Å². The van der Waals surface area contributed by atoms with Gasteiger partial charge in [-0.2, -0.15) is 0 Å². The summed E-state index contributed by atoms with van der Waals surface area (Å²) in [6.07, 6.45) is 1.04. The minimum Gasteiger partial charge on any atom is -0.386 e. The summed E-state index contributed by atoms with van der Waals surface area (Å²) in [5.74, 6) is 6.10. The van der Waals surface area contributed by atoms with Crippen LogP contribution in [0.25, 0.3) is 0 Å². The summed E-state index contributed by atoms with van der Waals surface area (Å²) in [6, 6.07) is 19.0. The minimum absolute atomic E-state index is 0.309. The van der Waals surface area contributed by atoms with E-state index >= 15 is 0 Å². The van der Waals surface area contributed by atoms with Crippen molar-refractivity contribution in [3.8, 4) is 0 Å². The molecule has 2 atom stereocenters. The second-order valence-corrected chi connectivity index (χ2v) is 4.70. The fourth-order valence-corrected chi connectivity index (χ4v) is 2.30. The molecule has 0 aliphatic rings. The summed E-state index contributed by atoms with van der Waals surface area (Å²) in [5.41, 5.74) is 1.83. The Bertz CT molecular complexity index is 527. The highest BCUT2D eigenvalue weighted by molar-refractivity contribution is 5.26. The SMILES string of the molecule is C=CCN(N)C(c1ccccc1)C(O)c1ccccc1. The predicted octanol–water partition coefficient (Wildman–Crippen LogP) is 2.82. The van der Waals surface area contributed by atoms with Crippen molar-refractivity contribution in [3.63, 3.8) is 0 Å². The van der Waals surface area contributed by atoms with E-state index in [1.165, 1.54) is 0 Å². The third kappa shape index (κ3) is 3.33. The number of hydrogen-bond donors (Lipinski definition) is 2. The third-order valence-corrected chi connectivity index (χ3v) is 3.28. The highest BCUT2D eigenvalue weighted by Gasteiger charge is 2.26. The Labute approximate surface area is 119 Å². The van der Waals surface area contributed by atoms with Gasteiger partial charge in [-0.05, 0) is 11.1 Å². The van der Waals surface area contributed by atoms with Gasteiger partial charge in [-0.3, -0.25) is 5.84 Å². The summed E-state index contributed by atoms with van der Waals surface area (Å²) in [4.78, 5) is 0. The van der Waals surface area contributed by atoms with E-state index in [-0.39, 0.29) is 6.04 Å². The van der Waals surface area contributed by atoms with Crippen molar-refractivity contribution in [1.29, 1.82) is 0 Å². The van der Waals surface area contributed by atoms with Crippen molar-refractivity contribution >= 4 is 0 Å². The van der Waals surface area contributed by atoms with Crippen molar-refractivity contribution in [2.45, 2.75) is 12.1 Å². The molecule has 2 aromatic rings. The number of nitrogens with two attached hydrogens (primary N) is 1. The van der Waals surface area contributed by atoms with Crippen LogP contribution in [0.3, 0.4) is 0 Å². The first-order valence-corrected chi connectivity index (χ1v) is 6.64. The minimum atomic E-state index is -0.691. The van der Waals surface area contributed by atoms with Crippen LogP contribution in [0.5, 0.6) is 0 Å². The molecule has 0 fully saturated rings. The van der Waals surface area contributed by atoms with Gasteiger partial charge in [0.1, 0.15) is 0 Å². The molecule has 3 heteroatoms. The average Bonchev–Trinajstić information content (AvgIpc) is 2.50. The van der Waals surface area contributed by atoms with E-state index in [2.05, 4.69) is 6.58 Å². The van der Waals surface area contributed by atoms with E-state index in [1.807, 2.05) is 60.7 Å². The monoisotopic (exact) mass is 268 g/mol. The number of nitrogens with zero attached hydrogens (tertiary/aromatic N) is 1. The van der Waals surface area contributed by atoms with Crippen molar-refractivity contribution < 1.29 is 5.11 Å². The van der Waals surface area contributed by atoms with Crippen molar-refractivity contribution in [2.75, 3.05) is 6.54 Å². The van der Waals surface area contributed by atoms with Gasteiger partial charge in [-0.25, -0.2) is 5.01 Å². The van der Waals surface area contributed by atoms with E-state index in [0.29, 0.717) is 6.54 Å². The van der Waals surface area contributed by atoms with Crippen LogP contribution in [0.1, 0.15) is 23.3 Å². The van der Waals surface area contributed by atoms with Crippen LogP contribution in [0.15, 0.2) is 73.3 Å². The van der Waals surface area contributed by atoms with Gasteiger partial charge < -0.3 is 5.11 Å². The van der Waals surface area contributed by atoms with Crippen LogP contribution in [0, 0.1) is 0 Å². The molecule has 0 aliphatic carbocycles. The highest BCUT2D eigenvalue weighted by atomic mass is 16.3. The fourth-order valence-electron chi connectivity index (χ4n) is 2.30. The lowest BCUT2D eigenvalue weighted by Crippen LogP contribution is -2.38. The molecule has 3 N–H and O–H groups in total. The Morgan fingerprint density at radius 1 is 1.00 bits per heavy atom. The molecule has 104 valence electrons. The summed E-state index contributed by atoms with van der Waals surface area (Å²) >= 11 is 0. The van der Waals surface area contributed by atoms with E-state index in [1.54, 1.807) is 11.1 Å². The molecular formula is C17H20N2O. The van der Waals surface area contributed by atoms with Crippen LogP contribution in [0.2, 0.25) is 0 Å². The van der Waals surface area contributed by atoms with Gasteiger partial charge in [0.05, 0.1) is 12.1 Å². The lowest BCUT2D eigenvalue weighted by atomic mass is 9.95. The Morgan fingerprint density at radius 2 is 1.50 bits per heavy atom. The Hall–Kier alpha value is -1.94. The maximum absolute atomic E-state index is 10.7. The maximum Gasteiger partial charge on any atom is 0.1000 e. The van der Waals surface area contributed by atoms with Crippen molar-refractivity contribution in [3.05, 3.63) is 84.4 Å². The first-order valence-electron chi connectivity index (χ1n) is 6.64. The molecule has 0 bridgehead atoms. The molecule has 0 aromatic heterocycles. The van der Waals surface area contributed by atoms with Gasteiger partial charge in [0, 0.05) is 6.54 Å². The molecule has 3 nitrogen and oxygen atoms in total. The number of hydrazine groups is 1. The molecular weight excluding hydrogens is 248 g/mol. The highest BCUT2D eigenvalue weighted by Crippen LogP contribution is 2.32. The summed E-state index contributed by atoms with van der Waals surface area (Å²) in [5, 5.41) is 12.3. The Balaban J connectivity index is 2.34. The number of aliphatic hydroxyl groups is 1. The van der Waals surface area contributed by atoms with E-state index in [4.69, 9.17) is 5.84 Å². The standard InChI is InChI=1S/C17H20N2O/c1-2-13-19(18)16(14-9-5-3-6-10-14)17(20)15-11-7-4-8-12-15/h2-12,16-17,20H,1,13,18H2. The maximum atomic E-state index is 10.7. The molecule has 2 aromatic carbocycles. The fraction of sp³-hybridized carbons (Fsp3) is 0.176. The number of hydrogen-bond acceptors (Lipinski definition) is 3. The normalized spacial score (nSPS) is 13.9. The van der Waals surface area contributed by atoms with Gasteiger partial charge in [-0.1, -0.05) is 66.7 Å². The predicted molar refractivity (Wildman–Crippen MR) is 81.7 cm³/mol. The molecule has 0 saturated heterocycles. The molecule has 20 heavy (non-hydrogen) atoms. The summed E-state index contributed by atoms with van der Waals surface area (Å²) in [7, 11) is 0. The average molecular weight is 268 g/mol. The smallest absolute Gasteiger partial charge is 0.1000 e. The van der Waals surface area contributed by atoms with Crippen LogP contribution in [-0.2, 0) is 0 Å². The van der Waals surface area contributed by atoms with E-state index in [9.17, 15) is 5.11 Å². The molecule has 0 radical (unpaired) electrons. The molecule has 0 saturated carbocycles. The lowest BCUT2D eigenvalue weighted by molar-refractivity contribution is 0.0535. The second-order valence-electron chi connectivity index (χ2n) is 4.70. The van der Waals surface area contributed by atoms with Crippen molar-refractivity contribution in [1.82, 2.24) is 5.01 Å². The van der Waals surface area contributed by atoms with Gasteiger partial charge >= 0.3 is 0 Å². The molecule has 0 heterocycles. The lowest BCUT2D eigenvalue weighted by Gasteiger charge is -2.31. The topological polar surface area (TPSA) is 49.5 Å². The Morgan fingerprint density at radius 3 is 2.00 bits per heavy atom. The largest absolute Gasteiger partial charge is 0.386 e. The van der Waals surface area contributed by atoms with E-state index < -0.39 is 6.10 Å². The first kappa shape index (κ1) is 14.5. The Kier molecular flexibility index (Phi) is 5.07. The molecule has 2 unspecified atom stereocenters. The molecule has 0 spiro atoms. The third-order valence-electron chi connectivity index (χ3n) is 3.28. The van der Waals surface area contributed by atoms with Crippen LogP contribution >= 0.6 is 0 Å². The van der Waals surface area contributed by atoms with Crippen LogP contribution < -0.4 is 5.84 Å². The number of rotatable bonds is 6. The first-order chi connectivity index (χ1) is 9.74. The second kappa shape index (κ2) is 7.01. The molecule has 2 rings (SSSR count). The van der Waals surface area contributed by atoms with Gasteiger partial charge in [0.25, 0.3) is 0 Å². The van der Waals surface area contributed by atoms with Gasteiger partial charge in [0.2, 0.25) is 0 Å².